The van der Waals surface area contributed by atoms with E-state index in [1.165, 1.54) is 7.11 Å². The molecule has 1 aromatic carbocycles. The molecular formula is C12H13NO4S. The number of benzene rings is 1. The molecule has 0 aliphatic carbocycles. The monoisotopic (exact) mass is 267 g/mol. The van der Waals surface area contributed by atoms with Gasteiger partial charge >= 0.3 is 5.97 Å². The number of amides is 1. The highest BCUT2D eigenvalue weighted by molar-refractivity contribution is 8.01. The summed E-state index contributed by atoms with van der Waals surface area (Å²) in [5.41, 5.74) is 0.676. The molecule has 1 aliphatic heterocycles. The van der Waals surface area contributed by atoms with E-state index in [9.17, 15) is 14.7 Å². The molecule has 0 radical (unpaired) electrons. The van der Waals surface area contributed by atoms with Crippen molar-refractivity contribution in [2.24, 2.45) is 0 Å². The zero-order valence-corrected chi connectivity index (χ0v) is 10.6. The number of fused-ring (bicyclic) bond motifs is 1. The summed E-state index contributed by atoms with van der Waals surface area (Å²) in [7, 11) is 1.27. The maximum absolute atomic E-state index is 11.8. The zero-order valence-electron chi connectivity index (χ0n) is 9.80. The minimum absolute atomic E-state index is 0.00438. The minimum Gasteiger partial charge on any atom is -0.469 e. The predicted molar refractivity (Wildman–Crippen MR) is 67.1 cm³/mol. The van der Waals surface area contributed by atoms with Gasteiger partial charge in [-0.05, 0) is 12.1 Å². The lowest BCUT2D eigenvalue weighted by atomic mass is 10.1. The van der Waals surface area contributed by atoms with Crippen molar-refractivity contribution in [2.45, 2.75) is 22.7 Å². The first-order valence-corrected chi connectivity index (χ1v) is 6.25. The summed E-state index contributed by atoms with van der Waals surface area (Å²) < 4.78 is 4.50. The Balaban J connectivity index is 2.15. The van der Waals surface area contributed by atoms with Crippen LogP contribution in [0.3, 0.4) is 0 Å². The number of para-hydroxylation sites is 1. The number of ether oxygens (including phenoxy) is 1. The fraction of sp³-hybridized carbons (Fsp3) is 0.333. The van der Waals surface area contributed by atoms with Gasteiger partial charge in [-0.3, -0.25) is 9.59 Å². The first kappa shape index (κ1) is 12.9. The largest absolute Gasteiger partial charge is 0.469 e. The number of aliphatic hydroxyl groups is 1. The Hall–Kier alpha value is -1.53. The van der Waals surface area contributed by atoms with Crippen LogP contribution in [0.15, 0.2) is 29.2 Å². The van der Waals surface area contributed by atoms with Crippen LogP contribution in [0.25, 0.3) is 0 Å². The third-order valence-electron chi connectivity index (χ3n) is 2.66. The van der Waals surface area contributed by atoms with Crippen molar-refractivity contribution in [2.75, 3.05) is 12.4 Å². The molecule has 0 saturated carbocycles. The molecule has 18 heavy (non-hydrogen) atoms. The van der Waals surface area contributed by atoms with Crippen molar-refractivity contribution in [3.05, 3.63) is 24.3 Å². The van der Waals surface area contributed by atoms with Crippen LogP contribution in [0.4, 0.5) is 5.69 Å². The number of carbonyl (C=O) groups excluding carboxylic acids is 2. The molecule has 1 unspecified atom stereocenters. The average Bonchev–Trinajstić information content (AvgIpc) is 2.37. The molecule has 0 fully saturated rings. The predicted octanol–water partition coefficient (Wildman–Crippen LogP) is 1.37. The smallest absolute Gasteiger partial charge is 0.305 e. The van der Waals surface area contributed by atoms with Crippen LogP contribution in [0.5, 0.6) is 0 Å². The number of hydrogen-bond acceptors (Lipinski definition) is 5. The second-order valence-electron chi connectivity index (χ2n) is 3.91. The Bertz CT molecular complexity index is 491. The number of nitrogens with one attached hydrogen (secondary N) is 1. The molecule has 2 N–H and O–H groups in total. The van der Waals surface area contributed by atoms with Gasteiger partial charge in [-0.2, -0.15) is 0 Å². The van der Waals surface area contributed by atoms with E-state index in [-0.39, 0.29) is 12.8 Å². The Morgan fingerprint density at radius 3 is 2.94 bits per heavy atom. The number of hydrogen-bond donors (Lipinski definition) is 2. The number of rotatable bonds is 3. The van der Waals surface area contributed by atoms with E-state index in [1.807, 2.05) is 12.1 Å². The second-order valence-corrected chi connectivity index (χ2v) is 5.23. The Morgan fingerprint density at radius 2 is 2.22 bits per heavy atom. The maximum atomic E-state index is 11.8. The molecule has 1 amide bonds. The van der Waals surface area contributed by atoms with Crippen molar-refractivity contribution < 1.29 is 19.4 Å². The standard InChI is InChI=1S/C12H13NO4S/c1-17-10(14)6-7-12(16)11(15)13-8-4-2-3-5-9(8)18-12/h2-5,16H,6-7H2,1H3,(H,13,15). The Morgan fingerprint density at radius 1 is 1.50 bits per heavy atom. The molecule has 5 nitrogen and oxygen atoms in total. The topological polar surface area (TPSA) is 75.6 Å². The number of thioether (sulfide) groups is 1. The van der Waals surface area contributed by atoms with Gasteiger partial charge in [0.2, 0.25) is 0 Å². The molecule has 0 spiro atoms. The highest BCUT2D eigenvalue weighted by atomic mass is 32.2. The van der Waals surface area contributed by atoms with Gasteiger partial charge in [0.15, 0.2) is 4.93 Å². The summed E-state index contributed by atoms with van der Waals surface area (Å²) in [4.78, 5) is 22.1. The lowest BCUT2D eigenvalue weighted by Gasteiger charge is -2.31. The summed E-state index contributed by atoms with van der Waals surface area (Å²) in [6.07, 6.45) is 0.0140. The highest BCUT2D eigenvalue weighted by Gasteiger charge is 2.41. The molecule has 1 aromatic rings. The van der Waals surface area contributed by atoms with Crippen LogP contribution >= 0.6 is 11.8 Å². The van der Waals surface area contributed by atoms with Gasteiger partial charge in [0.25, 0.3) is 5.91 Å². The highest BCUT2D eigenvalue weighted by Crippen LogP contribution is 2.43. The molecule has 0 bridgehead atoms. The Labute approximate surface area is 109 Å². The van der Waals surface area contributed by atoms with Gasteiger partial charge in [-0.25, -0.2) is 0 Å². The van der Waals surface area contributed by atoms with Crippen LogP contribution < -0.4 is 5.32 Å². The maximum Gasteiger partial charge on any atom is 0.305 e. The third-order valence-corrected chi connectivity index (χ3v) is 3.97. The molecule has 6 heteroatoms. The van der Waals surface area contributed by atoms with E-state index in [2.05, 4.69) is 10.1 Å². The van der Waals surface area contributed by atoms with Gasteiger partial charge in [0.05, 0.1) is 12.8 Å². The third kappa shape index (κ3) is 2.49. The quantitative estimate of drug-likeness (QED) is 0.809. The summed E-state index contributed by atoms with van der Waals surface area (Å²) in [5.74, 6) is -0.953. The van der Waals surface area contributed by atoms with Crippen LogP contribution in [0.2, 0.25) is 0 Å². The van der Waals surface area contributed by atoms with Gasteiger partial charge in [-0.15, -0.1) is 0 Å². The minimum atomic E-state index is -1.62. The molecule has 1 atom stereocenters. The lowest BCUT2D eigenvalue weighted by Crippen LogP contribution is -2.42. The van der Waals surface area contributed by atoms with E-state index in [0.717, 1.165) is 16.7 Å². The normalized spacial score (nSPS) is 22.0. The Kier molecular flexibility index (Phi) is 3.58. The molecule has 96 valence electrons. The summed E-state index contributed by atoms with van der Waals surface area (Å²) in [5, 5.41) is 12.9. The summed E-state index contributed by atoms with van der Waals surface area (Å²) in [6.45, 7) is 0. The summed E-state index contributed by atoms with van der Waals surface area (Å²) >= 11 is 1.06. The van der Waals surface area contributed by atoms with Crippen LogP contribution in [-0.2, 0) is 14.3 Å². The van der Waals surface area contributed by atoms with Crippen molar-refractivity contribution in [3.63, 3.8) is 0 Å². The number of anilines is 1. The van der Waals surface area contributed by atoms with Gasteiger partial charge < -0.3 is 15.2 Å². The van der Waals surface area contributed by atoms with Crippen molar-refractivity contribution in [3.8, 4) is 0 Å². The first-order valence-electron chi connectivity index (χ1n) is 5.44. The van der Waals surface area contributed by atoms with Crippen LogP contribution in [0.1, 0.15) is 12.8 Å². The van der Waals surface area contributed by atoms with Crippen molar-refractivity contribution in [1.82, 2.24) is 0 Å². The fourth-order valence-corrected chi connectivity index (χ4v) is 2.73. The molecule has 1 aliphatic rings. The van der Waals surface area contributed by atoms with E-state index in [0.29, 0.717) is 5.69 Å². The van der Waals surface area contributed by atoms with E-state index in [4.69, 9.17) is 0 Å². The van der Waals surface area contributed by atoms with Crippen molar-refractivity contribution in [1.29, 1.82) is 0 Å². The molecule has 2 rings (SSSR count). The average molecular weight is 267 g/mol. The van der Waals surface area contributed by atoms with Crippen LogP contribution in [0, 0.1) is 0 Å². The van der Waals surface area contributed by atoms with Crippen molar-refractivity contribution >= 4 is 29.3 Å². The van der Waals surface area contributed by atoms with Crippen LogP contribution in [-0.4, -0.2) is 29.0 Å². The SMILES string of the molecule is COC(=O)CCC1(O)Sc2ccccc2NC1=O. The van der Waals surface area contributed by atoms with E-state index >= 15 is 0 Å². The second kappa shape index (κ2) is 4.99. The zero-order chi connectivity index (χ0) is 13.2. The number of carbonyl (C=O) groups is 2. The molecule has 1 heterocycles. The first-order chi connectivity index (χ1) is 8.55. The molecular weight excluding hydrogens is 254 g/mol. The summed E-state index contributed by atoms with van der Waals surface area (Å²) in [6, 6.07) is 7.20. The fourth-order valence-electron chi connectivity index (χ4n) is 1.65. The van der Waals surface area contributed by atoms with Gasteiger partial charge in [0.1, 0.15) is 0 Å². The van der Waals surface area contributed by atoms with Gasteiger partial charge in [-0.1, -0.05) is 23.9 Å². The molecule has 0 saturated heterocycles. The number of methoxy groups -OCH3 is 1. The van der Waals surface area contributed by atoms with E-state index in [1.54, 1.807) is 12.1 Å². The number of esters is 1. The molecule has 0 aromatic heterocycles. The van der Waals surface area contributed by atoms with Gasteiger partial charge in [0, 0.05) is 17.7 Å². The lowest BCUT2D eigenvalue weighted by molar-refractivity contribution is -0.141. The van der Waals surface area contributed by atoms with E-state index < -0.39 is 16.8 Å².